The van der Waals surface area contributed by atoms with Crippen LogP contribution in [-0.2, 0) is 0 Å². The molecule has 1 aromatic rings. The first-order chi connectivity index (χ1) is 7.25. The number of benzene rings is 1. The molecular weight excluding hydrogens is 206 g/mol. The van der Waals surface area contributed by atoms with E-state index in [-0.39, 0.29) is 0 Å². The van der Waals surface area contributed by atoms with Crippen molar-refractivity contribution in [3.8, 4) is 0 Å². The van der Waals surface area contributed by atoms with Gasteiger partial charge in [0.2, 0.25) is 0 Å². The lowest BCUT2D eigenvalue weighted by atomic mass is 9.98. The molecule has 82 valence electrons. The Hall–Kier alpha value is -0.530. The SMILES string of the molecule is CC(CCNC1CC1)c1cccc(Cl)c1. The van der Waals surface area contributed by atoms with Crippen LogP contribution in [0.15, 0.2) is 24.3 Å². The third-order valence-electron chi connectivity index (χ3n) is 3.01. The molecule has 2 heteroatoms. The molecule has 1 N–H and O–H groups in total. The highest BCUT2D eigenvalue weighted by molar-refractivity contribution is 6.30. The minimum absolute atomic E-state index is 0.593. The summed E-state index contributed by atoms with van der Waals surface area (Å²) in [6, 6.07) is 9.01. The Morgan fingerprint density at radius 1 is 1.47 bits per heavy atom. The average Bonchev–Trinajstić information content (AvgIpc) is 3.01. The van der Waals surface area contributed by atoms with Gasteiger partial charge in [0.25, 0.3) is 0 Å². The van der Waals surface area contributed by atoms with E-state index in [2.05, 4.69) is 24.4 Å². The summed E-state index contributed by atoms with van der Waals surface area (Å²) >= 11 is 5.97. The Morgan fingerprint density at radius 2 is 2.27 bits per heavy atom. The predicted octanol–water partition coefficient (Wildman–Crippen LogP) is 3.59. The standard InChI is InChI=1S/C13H18ClN/c1-10(7-8-15-13-5-6-13)11-3-2-4-12(14)9-11/h2-4,9-10,13,15H,5-8H2,1H3. The molecule has 1 nitrogen and oxygen atoms in total. The molecule has 0 aliphatic heterocycles. The first kappa shape index (κ1) is 11.0. The van der Waals surface area contributed by atoms with Crippen LogP contribution in [0.3, 0.4) is 0 Å². The first-order valence-corrected chi connectivity index (χ1v) is 6.12. The summed E-state index contributed by atoms with van der Waals surface area (Å²) < 4.78 is 0. The summed E-state index contributed by atoms with van der Waals surface area (Å²) in [5.41, 5.74) is 1.35. The maximum absolute atomic E-state index is 5.97. The molecule has 2 rings (SSSR count). The smallest absolute Gasteiger partial charge is 0.0408 e. The van der Waals surface area contributed by atoms with Crippen molar-refractivity contribution in [2.75, 3.05) is 6.54 Å². The van der Waals surface area contributed by atoms with Crippen LogP contribution in [-0.4, -0.2) is 12.6 Å². The molecule has 1 atom stereocenters. The molecule has 1 saturated carbocycles. The predicted molar refractivity (Wildman–Crippen MR) is 65.5 cm³/mol. The molecule has 0 spiro atoms. The van der Waals surface area contributed by atoms with Crippen LogP contribution in [0.2, 0.25) is 5.02 Å². The van der Waals surface area contributed by atoms with Crippen molar-refractivity contribution in [1.29, 1.82) is 0 Å². The zero-order valence-corrected chi connectivity index (χ0v) is 9.93. The summed E-state index contributed by atoms with van der Waals surface area (Å²) in [7, 11) is 0. The van der Waals surface area contributed by atoms with Gasteiger partial charge >= 0.3 is 0 Å². The molecule has 1 fully saturated rings. The summed E-state index contributed by atoms with van der Waals surface area (Å²) in [5, 5.41) is 4.38. The van der Waals surface area contributed by atoms with Gasteiger partial charge in [-0.05, 0) is 49.4 Å². The van der Waals surface area contributed by atoms with E-state index in [1.165, 1.54) is 24.8 Å². The zero-order valence-electron chi connectivity index (χ0n) is 9.17. The van der Waals surface area contributed by atoms with Crippen molar-refractivity contribution in [2.24, 2.45) is 0 Å². The minimum Gasteiger partial charge on any atom is -0.314 e. The van der Waals surface area contributed by atoms with Crippen LogP contribution in [0, 0.1) is 0 Å². The van der Waals surface area contributed by atoms with Gasteiger partial charge < -0.3 is 5.32 Å². The molecular formula is C13H18ClN. The fourth-order valence-electron chi connectivity index (χ4n) is 1.77. The van der Waals surface area contributed by atoms with Crippen molar-refractivity contribution < 1.29 is 0 Å². The van der Waals surface area contributed by atoms with Gasteiger partial charge in [-0.2, -0.15) is 0 Å². The third kappa shape index (κ3) is 3.51. The second kappa shape index (κ2) is 5.00. The maximum atomic E-state index is 5.97. The quantitative estimate of drug-likeness (QED) is 0.805. The first-order valence-electron chi connectivity index (χ1n) is 5.74. The highest BCUT2D eigenvalue weighted by atomic mass is 35.5. The number of nitrogens with one attached hydrogen (secondary N) is 1. The zero-order chi connectivity index (χ0) is 10.7. The van der Waals surface area contributed by atoms with E-state index in [1.54, 1.807) is 0 Å². The lowest BCUT2D eigenvalue weighted by Gasteiger charge is -2.12. The van der Waals surface area contributed by atoms with Crippen LogP contribution >= 0.6 is 11.6 Å². The van der Waals surface area contributed by atoms with Crippen LogP contribution < -0.4 is 5.32 Å². The molecule has 0 amide bonds. The Balaban J connectivity index is 1.80. The molecule has 0 heterocycles. The van der Waals surface area contributed by atoms with E-state index >= 15 is 0 Å². The largest absolute Gasteiger partial charge is 0.314 e. The van der Waals surface area contributed by atoms with Crippen molar-refractivity contribution in [1.82, 2.24) is 5.32 Å². The van der Waals surface area contributed by atoms with Crippen molar-refractivity contribution in [2.45, 2.75) is 38.1 Å². The molecule has 1 unspecified atom stereocenters. The molecule has 0 radical (unpaired) electrons. The Kier molecular flexibility index (Phi) is 3.66. The van der Waals surface area contributed by atoms with Gasteiger partial charge in [0.1, 0.15) is 0 Å². The van der Waals surface area contributed by atoms with E-state index < -0.39 is 0 Å². The van der Waals surface area contributed by atoms with Gasteiger partial charge in [-0.1, -0.05) is 30.7 Å². The Bertz CT molecular complexity index is 320. The van der Waals surface area contributed by atoms with E-state index in [0.717, 1.165) is 17.6 Å². The Morgan fingerprint density at radius 3 is 2.93 bits per heavy atom. The normalized spacial score (nSPS) is 17.7. The minimum atomic E-state index is 0.593. The molecule has 0 aromatic heterocycles. The fraction of sp³-hybridized carbons (Fsp3) is 0.538. The highest BCUT2D eigenvalue weighted by Gasteiger charge is 2.20. The van der Waals surface area contributed by atoms with Gasteiger partial charge in [-0.3, -0.25) is 0 Å². The van der Waals surface area contributed by atoms with Gasteiger partial charge in [0, 0.05) is 11.1 Å². The molecule has 1 aliphatic carbocycles. The van der Waals surface area contributed by atoms with E-state index in [0.29, 0.717) is 5.92 Å². The van der Waals surface area contributed by atoms with Gasteiger partial charge in [-0.15, -0.1) is 0 Å². The monoisotopic (exact) mass is 223 g/mol. The lowest BCUT2D eigenvalue weighted by molar-refractivity contribution is 0.592. The van der Waals surface area contributed by atoms with Crippen LogP contribution in [0.25, 0.3) is 0 Å². The number of halogens is 1. The fourth-order valence-corrected chi connectivity index (χ4v) is 1.97. The van der Waals surface area contributed by atoms with Crippen molar-refractivity contribution in [3.63, 3.8) is 0 Å². The molecule has 0 saturated heterocycles. The second-order valence-corrected chi connectivity index (χ2v) is 4.91. The number of rotatable bonds is 5. The summed E-state index contributed by atoms with van der Waals surface area (Å²) in [6.07, 6.45) is 3.92. The molecule has 0 bridgehead atoms. The van der Waals surface area contributed by atoms with Crippen molar-refractivity contribution >= 4 is 11.6 Å². The van der Waals surface area contributed by atoms with Crippen LogP contribution in [0.5, 0.6) is 0 Å². The van der Waals surface area contributed by atoms with E-state index in [9.17, 15) is 0 Å². The highest BCUT2D eigenvalue weighted by Crippen LogP contribution is 2.23. The van der Waals surface area contributed by atoms with Gasteiger partial charge in [0.15, 0.2) is 0 Å². The van der Waals surface area contributed by atoms with E-state index in [4.69, 9.17) is 11.6 Å². The molecule has 15 heavy (non-hydrogen) atoms. The van der Waals surface area contributed by atoms with Gasteiger partial charge in [-0.25, -0.2) is 0 Å². The molecule has 1 aliphatic rings. The maximum Gasteiger partial charge on any atom is 0.0408 e. The average molecular weight is 224 g/mol. The van der Waals surface area contributed by atoms with E-state index in [1.807, 2.05) is 12.1 Å². The molecule has 1 aromatic carbocycles. The van der Waals surface area contributed by atoms with Crippen LogP contribution in [0.1, 0.15) is 37.7 Å². The second-order valence-electron chi connectivity index (χ2n) is 4.47. The summed E-state index contributed by atoms with van der Waals surface area (Å²) in [5.74, 6) is 0.593. The third-order valence-corrected chi connectivity index (χ3v) is 3.24. The van der Waals surface area contributed by atoms with Crippen LogP contribution in [0.4, 0.5) is 0 Å². The topological polar surface area (TPSA) is 12.0 Å². The number of hydrogen-bond donors (Lipinski definition) is 1. The Labute approximate surface area is 96.8 Å². The van der Waals surface area contributed by atoms with Crippen molar-refractivity contribution in [3.05, 3.63) is 34.9 Å². The van der Waals surface area contributed by atoms with Gasteiger partial charge in [0.05, 0.1) is 0 Å². The lowest BCUT2D eigenvalue weighted by Crippen LogP contribution is -2.18. The number of hydrogen-bond acceptors (Lipinski definition) is 1. The summed E-state index contributed by atoms with van der Waals surface area (Å²) in [6.45, 7) is 3.39. The summed E-state index contributed by atoms with van der Waals surface area (Å²) in [4.78, 5) is 0.